The van der Waals surface area contributed by atoms with Gasteiger partial charge < -0.3 is 9.29 Å². The van der Waals surface area contributed by atoms with Crippen molar-refractivity contribution in [2.24, 2.45) is 0 Å². The van der Waals surface area contributed by atoms with E-state index in [0.29, 0.717) is 11.7 Å². The molecule has 0 aliphatic heterocycles. The molecule has 0 spiro atoms. The van der Waals surface area contributed by atoms with Crippen LogP contribution in [0.15, 0.2) is 23.8 Å². The predicted octanol–water partition coefficient (Wildman–Crippen LogP) is 9.99. The summed E-state index contributed by atoms with van der Waals surface area (Å²) in [4.78, 5) is 0. The van der Waals surface area contributed by atoms with E-state index < -0.39 is 35.4 Å². The Bertz CT molecular complexity index is 912. The minimum absolute atomic E-state index is 0.196. The Morgan fingerprint density at radius 3 is 1.57 bits per heavy atom. The van der Waals surface area contributed by atoms with Crippen molar-refractivity contribution in [1.82, 2.24) is 0 Å². The Balaban J connectivity index is 1.61. The summed E-state index contributed by atoms with van der Waals surface area (Å²) >= 11 is -0.196. The molecule has 4 aliphatic carbocycles. The van der Waals surface area contributed by atoms with E-state index in [0.717, 1.165) is 75.3 Å². The van der Waals surface area contributed by atoms with Crippen molar-refractivity contribution < 1.29 is 26.9 Å². The van der Waals surface area contributed by atoms with Gasteiger partial charge >= 0.3 is 0 Å². The van der Waals surface area contributed by atoms with Crippen LogP contribution in [0.4, 0.5) is 17.6 Å². The van der Waals surface area contributed by atoms with Crippen LogP contribution in [0.1, 0.15) is 131 Å². The second kappa shape index (κ2) is 12.3. The van der Waals surface area contributed by atoms with E-state index in [1.807, 2.05) is 0 Å². The van der Waals surface area contributed by atoms with Crippen molar-refractivity contribution in [3.8, 4) is 5.75 Å². The van der Waals surface area contributed by atoms with Gasteiger partial charge in [0.15, 0.2) is 30.1 Å². The van der Waals surface area contributed by atoms with Gasteiger partial charge in [0, 0.05) is 12.0 Å². The van der Waals surface area contributed by atoms with Crippen LogP contribution < -0.4 is 4.74 Å². The van der Waals surface area contributed by atoms with Gasteiger partial charge in [-0.15, -0.1) is 0 Å². The van der Waals surface area contributed by atoms with Gasteiger partial charge in [0.05, 0.1) is 0 Å². The SMILES string of the molecule is OSC1C(F)=C(F)C(Oc2c(C3CCCCC3)cc(C3CCCCC3)cc2C2CCCCC2)C(F)C1F. The monoisotopic (exact) mass is 540 g/mol. The van der Waals surface area contributed by atoms with Crippen LogP contribution in [0.5, 0.6) is 5.75 Å². The average molecular weight is 541 g/mol. The normalized spacial score (nSPS) is 31.1. The van der Waals surface area contributed by atoms with Crippen LogP contribution in [-0.2, 0) is 0 Å². The Kier molecular flexibility index (Phi) is 9.11. The summed E-state index contributed by atoms with van der Waals surface area (Å²) in [6, 6.07) is 4.42. The molecule has 1 aromatic carbocycles. The molecule has 5 rings (SSSR count). The maximum Gasteiger partial charge on any atom is 0.186 e. The highest BCUT2D eigenvalue weighted by Crippen LogP contribution is 2.49. The van der Waals surface area contributed by atoms with Crippen molar-refractivity contribution in [3.05, 3.63) is 40.5 Å². The molecule has 4 atom stereocenters. The maximum absolute atomic E-state index is 15.2. The molecule has 0 amide bonds. The second-order valence-corrected chi connectivity index (χ2v) is 12.4. The minimum atomic E-state index is -2.40. The summed E-state index contributed by atoms with van der Waals surface area (Å²) in [5, 5.41) is -1.90. The summed E-state index contributed by atoms with van der Waals surface area (Å²) in [7, 11) is 0. The van der Waals surface area contributed by atoms with E-state index in [2.05, 4.69) is 12.1 Å². The van der Waals surface area contributed by atoms with Gasteiger partial charge in [-0.05, 0) is 73.0 Å². The Morgan fingerprint density at radius 1 is 0.649 bits per heavy atom. The first-order chi connectivity index (χ1) is 18.0. The lowest BCUT2D eigenvalue weighted by Crippen LogP contribution is -2.46. The molecule has 0 bridgehead atoms. The smallest absolute Gasteiger partial charge is 0.186 e. The zero-order valence-corrected chi connectivity index (χ0v) is 22.4. The standard InChI is InChI=1S/C30H40F4O2S/c31-24-26(33)30(37-35)27(34)25(32)29(24)36-28-22(19-12-6-2-7-13-19)16-21(18-10-4-1-5-11-18)17-23(28)20-14-8-3-9-15-20/h16-20,24,26,29-30,35H,1-15H2. The fraction of sp³-hybridized carbons (Fsp3) is 0.733. The van der Waals surface area contributed by atoms with Crippen LogP contribution in [0.25, 0.3) is 0 Å². The van der Waals surface area contributed by atoms with Gasteiger partial charge in [-0.2, -0.15) is 0 Å². The molecule has 0 saturated heterocycles. The number of halogens is 4. The highest BCUT2D eigenvalue weighted by atomic mass is 32.2. The first kappa shape index (κ1) is 27.4. The van der Waals surface area contributed by atoms with Crippen molar-refractivity contribution >= 4 is 12.0 Å². The van der Waals surface area contributed by atoms with E-state index in [9.17, 15) is 13.3 Å². The van der Waals surface area contributed by atoms with E-state index >= 15 is 8.78 Å². The molecule has 7 heteroatoms. The molecule has 2 nitrogen and oxygen atoms in total. The van der Waals surface area contributed by atoms with Crippen molar-refractivity contribution in [2.75, 3.05) is 0 Å². The molecule has 4 aliphatic rings. The van der Waals surface area contributed by atoms with Crippen LogP contribution in [0.2, 0.25) is 0 Å². The van der Waals surface area contributed by atoms with E-state index in [4.69, 9.17) is 4.74 Å². The zero-order valence-electron chi connectivity index (χ0n) is 21.6. The molecule has 0 heterocycles. The fourth-order valence-electron chi connectivity index (χ4n) is 7.17. The van der Waals surface area contributed by atoms with Crippen molar-refractivity contribution in [3.63, 3.8) is 0 Å². The lowest BCUT2D eigenvalue weighted by molar-refractivity contribution is 0.0325. The van der Waals surface area contributed by atoms with Gasteiger partial charge in [0.1, 0.15) is 11.0 Å². The summed E-state index contributed by atoms with van der Waals surface area (Å²) in [5.74, 6) is -1.52. The molecule has 37 heavy (non-hydrogen) atoms. The second-order valence-electron chi connectivity index (χ2n) is 11.7. The summed E-state index contributed by atoms with van der Waals surface area (Å²) in [6.07, 6.45) is 9.87. The highest BCUT2D eigenvalue weighted by molar-refractivity contribution is 7.94. The quantitative estimate of drug-likeness (QED) is 0.288. The van der Waals surface area contributed by atoms with Gasteiger partial charge in [-0.25, -0.2) is 17.6 Å². The molecular weight excluding hydrogens is 500 g/mol. The lowest BCUT2D eigenvalue weighted by Gasteiger charge is -2.36. The van der Waals surface area contributed by atoms with Gasteiger partial charge in [0.25, 0.3) is 0 Å². The van der Waals surface area contributed by atoms with Crippen molar-refractivity contribution in [2.45, 2.75) is 138 Å². The number of rotatable bonds is 6. The number of hydrogen-bond donors (Lipinski definition) is 1. The maximum atomic E-state index is 15.2. The van der Waals surface area contributed by atoms with Gasteiger partial charge in [0.2, 0.25) is 0 Å². The Hall–Kier alpha value is -1.21. The molecule has 3 saturated carbocycles. The minimum Gasteiger partial charge on any atom is -0.479 e. The largest absolute Gasteiger partial charge is 0.479 e. The number of hydrogen-bond acceptors (Lipinski definition) is 3. The van der Waals surface area contributed by atoms with Crippen LogP contribution >= 0.6 is 12.0 Å². The Labute approximate surface area is 222 Å². The number of benzene rings is 1. The van der Waals surface area contributed by atoms with Gasteiger partial charge in [-0.1, -0.05) is 69.9 Å². The van der Waals surface area contributed by atoms with Crippen LogP contribution in [0, 0.1) is 0 Å². The van der Waals surface area contributed by atoms with Crippen LogP contribution in [0.3, 0.4) is 0 Å². The van der Waals surface area contributed by atoms with E-state index in [1.54, 1.807) is 0 Å². The molecule has 1 aromatic rings. The molecule has 0 aromatic heterocycles. The third-order valence-corrected chi connectivity index (χ3v) is 10.00. The zero-order chi connectivity index (χ0) is 25.9. The molecule has 1 N–H and O–H groups in total. The molecular formula is C30H40F4O2S. The lowest BCUT2D eigenvalue weighted by atomic mass is 9.75. The molecule has 206 valence electrons. The molecule has 4 unspecified atom stereocenters. The third kappa shape index (κ3) is 5.73. The highest BCUT2D eigenvalue weighted by Gasteiger charge is 2.49. The molecule has 3 fully saturated rings. The topological polar surface area (TPSA) is 29.5 Å². The van der Waals surface area contributed by atoms with E-state index in [-0.39, 0.29) is 23.9 Å². The average Bonchev–Trinajstić information content (AvgIpc) is 2.96. The fourth-order valence-corrected chi connectivity index (χ4v) is 7.64. The van der Waals surface area contributed by atoms with Gasteiger partial charge in [-0.3, -0.25) is 0 Å². The first-order valence-corrected chi connectivity index (χ1v) is 15.3. The van der Waals surface area contributed by atoms with Crippen molar-refractivity contribution in [1.29, 1.82) is 0 Å². The molecule has 0 radical (unpaired) electrons. The summed E-state index contributed by atoms with van der Waals surface area (Å²) in [6.45, 7) is 0. The van der Waals surface area contributed by atoms with Crippen LogP contribution in [-0.4, -0.2) is 28.3 Å². The van der Waals surface area contributed by atoms with E-state index in [1.165, 1.54) is 37.7 Å². The number of alkyl halides is 2. The first-order valence-electron chi connectivity index (χ1n) is 14.5. The number of ether oxygens (including phenoxy) is 1. The Morgan fingerprint density at radius 2 is 1.11 bits per heavy atom. The third-order valence-electron chi connectivity index (χ3n) is 9.30. The predicted molar refractivity (Wildman–Crippen MR) is 141 cm³/mol. The summed E-state index contributed by atoms with van der Waals surface area (Å²) in [5.41, 5.74) is 3.27. The summed E-state index contributed by atoms with van der Waals surface area (Å²) < 4.78 is 75.2.